The number of hydrogen-bond acceptors (Lipinski definition) is 23. The van der Waals surface area contributed by atoms with Gasteiger partial charge in [0.1, 0.15) is 40.8 Å². The number of phenols is 4. The van der Waals surface area contributed by atoms with E-state index >= 15 is 0 Å². The summed E-state index contributed by atoms with van der Waals surface area (Å²) in [6.45, 7) is 4.88. The van der Waals surface area contributed by atoms with E-state index in [0.29, 0.717) is 11.1 Å². The first-order chi connectivity index (χ1) is 36.8. The highest BCUT2D eigenvalue weighted by molar-refractivity contribution is 6.32. The molecule has 2 saturated heterocycles. The second-order valence-corrected chi connectivity index (χ2v) is 20.9. The molecule has 10 rings (SSSR count). The monoisotopic (exact) mass is 1080 g/mol. The molecular weight excluding hydrogens is 1020 g/mol. The molecule has 2 fully saturated rings. The van der Waals surface area contributed by atoms with E-state index in [1.807, 2.05) is 0 Å². The molecule has 0 aromatic heterocycles. The summed E-state index contributed by atoms with van der Waals surface area (Å²) < 4.78 is 23.7. The summed E-state index contributed by atoms with van der Waals surface area (Å²) in [5.41, 5.74) is 10.0. The summed E-state index contributed by atoms with van der Waals surface area (Å²) in [7, 11) is 1.48. The van der Waals surface area contributed by atoms with Gasteiger partial charge in [-0.25, -0.2) is 0 Å². The van der Waals surface area contributed by atoms with Gasteiger partial charge in [-0.3, -0.25) is 24.0 Å². The second kappa shape index (κ2) is 20.9. The third kappa shape index (κ3) is 9.15. The summed E-state index contributed by atoms with van der Waals surface area (Å²) in [6.07, 6.45) is -9.30. The highest BCUT2D eigenvalue weighted by atomic mass is 16.7. The van der Waals surface area contributed by atoms with Crippen molar-refractivity contribution in [3.05, 3.63) is 114 Å². The molecule has 416 valence electrons. The number of aliphatic hydroxyl groups is 6. The van der Waals surface area contributed by atoms with Gasteiger partial charge in [-0.05, 0) is 38.8 Å². The first-order valence-corrected chi connectivity index (χ1v) is 25.3. The number of Topliss-reactive ketones (excluding diaryl/α,β-unsaturated/α-hetero) is 1. The van der Waals surface area contributed by atoms with E-state index in [1.54, 1.807) is 52.0 Å². The van der Waals surface area contributed by atoms with Gasteiger partial charge in [0.2, 0.25) is 0 Å². The van der Waals surface area contributed by atoms with E-state index in [9.17, 15) is 75.0 Å². The van der Waals surface area contributed by atoms with E-state index in [1.165, 1.54) is 19.2 Å². The highest BCUT2D eigenvalue weighted by Crippen LogP contribution is 2.54. The van der Waals surface area contributed by atoms with Gasteiger partial charge in [-0.15, -0.1) is 0 Å². The fourth-order valence-corrected chi connectivity index (χ4v) is 11.8. The molecule has 0 saturated carbocycles. The summed E-state index contributed by atoms with van der Waals surface area (Å²) in [4.78, 5) is 66.8. The zero-order valence-corrected chi connectivity index (χ0v) is 43.1. The Balaban J connectivity index is 0.000000190. The van der Waals surface area contributed by atoms with Crippen molar-refractivity contribution < 1.29 is 94.0 Å². The Labute approximate surface area is 445 Å². The first-order valence-electron chi connectivity index (χ1n) is 25.3. The number of nitrogens with one attached hydrogen (secondary N) is 1. The second-order valence-electron chi connectivity index (χ2n) is 20.9. The van der Waals surface area contributed by atoms with Crippen LogP contribution in [0.2, 0.25) is 0 Å². The molecule has 6 aliphatic rings. The lowest BCUT2D eigenvalue weighted by molar-refractivity contribution is -0.247. The van der Waals surface area contributed by atoms with Crippen LogP contribution in [0.25, 0.3) is 0 Å². The van der Waals surface area contributed by atoms with Crippen molar-refractivity contribution in [3.63, 3.8) is 0 Å². The fraction of sp³-hybridized carbons (Fsp3) is 0.455. The van der Waals surface area contributed by atoms with Crippen molar-refractivity contribution in [2.45, 2.75) is 139 Å². The van der Waals surface area contributed by atoms with Gasteiger partial charge >= 0.3 is 0 Å². The standard InChI is InChI=1S/C28H33N3O9.C27H29NO10/c1-11-5-4-6-13-19(11)26(36)22-21(24(13)34)25(35)14-8-28(38,17(10-32)31-30-3)9-16(20(14)27(22)37)40-18-7-15(29)23(33)12(2)39-18;1-10-4-3-5-12-18(10)25(34)21-20(23(12)32)24(33)13-7-27(36,16(30)9-29)8-15(19(13)26(21)35)38-17-6-14(28)22(31)11(2)37-17/h4-6,12,15-16,18,23,30,32-33,35,37-38H,7-10,29H2,1-3H3;3-5,11,14-15,17,22,29,31,33,35-36H,6-9,28H2,1-2H3/b31-17+;/t12?,15?,16-,18+,23-,28-;11?,14?,15-,17+,22-,27-/m00/s1. The molecule has 4 aromatic carbocycles. The predicted molar refractivity (Wildman–Crippen MR) is 271 cm³/mol. The molecule has 4 aromatic rings. The number of aryl methyl sites for hydroxylation is 2. The lowest BCUT2D eigenvalue weighted by Gasteiger charge is -2.43. The number of ketones is 5. The van der Waals surface area contributed by atoms with Gasteiger partial charge in [0, 0.05) is 102 Å². The van der Waals surface area contributed by atoms with Crippen LogP contribution in [0.3, 0.4) is 0 Å². The SMILES string of the molecule is CN/N=C(\CO)[C@]1(O)Cc2c(O)c3c(c(O)c2[C@@H](O[C@@H]2CC(N)[C@@H](O)C(C)O2)C1)C(=O)c1c(C)cccc1C3=O.Cc1cccc2c1C(=O)c1c(O)c3c(c(O)c1C2=O)C[C@@](O)(C(=O)CO)C[C@@H]3O[C@@H]1CC(N)[C@@H](O)C(C)O1. The normalized spacial score (nSPS) is 30.2. The third-order valence-corrected chi connectivity index (χ3v) is 15.9. The molecule has 23 nitrogen and oxygen atoms in total. The molecule has 0 radical (unpaired) electrons. The fourth-order valence-electron chi connectivity index (χ4n) is 11.8. The number of benzene rings is 4. The Hall–Kier alpha value is -6.58. The maximum absolute atomic E-state index is 13.7. The average molecular weight is 1080 g/mol. The van der Waals surface area contributed by atoms with Crippen molar-refractivity contribution in [3.8, 4) is 23.0 Å². The van der Waals surface area contributed by atoms with Crippen molar-refractivity contribution in [2.24, 2.45) is 16.6 Å². The maximum atomic E-state index is 13.7. The number of fused-ring (bicyclic) bond motifs is 6. The number of aliphatic hydroxyl groups excluding tert-OH is 4. The number of rotatable bonds is 9. The van der Waals surface area contributed by atoms with Crippen molar-refractivity contribution in [2.75, 3.05) is 20.3 Å². The molecule has 2 aliphatic heterocycles. The van der Waals surface area contributed by atoms with Crippen LogP contribution in [0, 0.1) is 13.8 Å². The average Bonchev–Trinajstić information content (AvgIpc) is 3.55. The summed E-state index contributed by atoms with van der Waals surface area (Å²) in [5, 5.41) is 113. The zero-order valence-electron chi connectivity index (χ0n) is 43.1. The Kier molecular flexibility index (Phi) is 15.0. The molecule has 2 heterocycles. The number of carbonyl (C=O) groups is 5. The Morgan fingerprint density at radius 2 is 1.04 bits per heavy atom. The van der Waals surface area contributed by atoms with Gasteiger partial charge in [0.05, 0.1) is 71.2 Å². The number of aromatic hydroxyl groups is 4. The van der Waals surface area contributed by atoms with Crippen LogP contribution in [0.1, 0.15) is 149 Å². The lowest BCUT2D eigenvalue weighted by Crippen LogP contribution is -2.53. The molecule has 4 aliphatic carbocycles. The van der Waals surface area contributed by atoms with Gasteiger partial charge in [0.15, 0.2) is 41.5 Å². The minimum absolute atomic E-state index is 0.0109. The van der Waals surface area contributed by atoms with Crippen molar-refractivity contribution >= 4 is 34.6 Å². The van der Waals surface area contributed by atoms with E-state index in [0.717, 1.165) is 0 Å². The first kappa shape index (κ1) is 56.2. The van der Waals surface area contributed by atoms with Crippen LogP contribution in [-0.4, -0.2) is 166 Å². The third-order valence-electron chi connectivity index (χ3n) is 15.9. The quantitative estimate of drug-likeness (QED) is 0.0536. The van der Waals surface area contributed by atoms with Gasteiger partial charge in [-0.2, -0.15) is 5.10 Å². The summed E-state index contributed by atoms with van der Waals surface area (Å²) >= 11 is 0. The van der Waals surface area contributed by atoms with Crippen LogP contribution in [0.15, 0.2) is 41.5 Å². The minimum atomic E-state index is -2.22. The zero-order chi connectivity index (χ0) is 56.8. The molecule has 0 spiro atoms. The molecule has 23 heteroatoms. The Morgan fingerprint density at radius 1 is 0.641 bits per heavy atom. The number of nitrogens with zero attached hydrogens (tertiary/aromatic N) is 1. The van der Waals surface area contributed by atoms with Crippen LogP contribution in [-0.2, 0) is 36.6 Å². The number of carbonyl (C=O) groups excluding carboxylic acids is 5. The van der Waals surface area contributed by atoms with E-state index in [2.05, 4.69) is 10.5 Å². The lowest BCUT2D eigenvalue weighted by atomic mass is 9.71. The number of hydrazone groups is 1. The largest absolute Gasteiger partial charge is 0.507 e. The molecule has 78 heavy (non-hydrogen) atoms. The van der Waals surface area contributed by atoms with Crippen LogP contribution >= 0.6 is 0 Å². The van der Waals surface area contributed by atoms with Crippen LogP contribution in [0.4, 0.5) is 0 Å². The molecule has 0 bridgehead atoms. The number of phenolic OH excluding ortho intramolecular Hbond substituents is 4. The van der Waals surface area contributed by atoms with Crippen molar-refractivity contribution in [1.29, 1.82) is 0 Å². The van der Waals surface area contributed by atoms with E-state index < -0.39 is 162 Å². The van der Waals surface area contributed by atoms with E-state index in [-0.39, 0.29) is 87.0 Å². The Bertz CT molecular complexity index is 3190. The van der Waals surface area contributed by atoms with E-state index in [4.69, 9.17) is 30.4 Å². The molecule has 12 atom stereocenters. The molecular formula is C55H62N4O19. The van der Waals surface area contributed by atoms with Crippen LogP contribution in [0.5, 0.6) is 23.0 Å². The Morgan fingerprint density at radius 3 is 1.42 bits per heavy atom. The number of hydrogen-bond donors (Lipinski definition) is 13. The highest BCUT2D eigenvalue weighted by Gasteiger charge is 2.52. The summed E-state index contributed by atoms with van der Waals surface area (Å²) in [6, 6.07) is 8.06. The van der Waals surface area contributed by atoms with Crippen molar-refractivity contribution in [1.82, 2.24) is 5.43 Å². The molecule has 0 amide bonds. The summed E-state index contributed by atoms with van der Waals surface area (Å²) in [5.74, 6) is -6.00. The van der Waals surface area contributed by atoms with Gasteiger partial charge < -0.3 is 86.9 Å². The van der Waals surface area contributed by atoms with Crippen LogP contribution < -0.4 is 16.9 Å². The van der Waals surface area contributed by atoms with Gasteiger partial charge in [0.25, 0.3) is 0 Å². The van der Waals surface area contributed by atoms with Gasteiger partial charge in [-0.1, -0.05) is 36.4 Å². The predicted octanol–water partition coefficient (Wildman–Crippen LogP) is 0.609. The number of nitrogens with two attached hydrogens (primary N) is 2. The minimum Gasteiger partial charge on any atom is -0.507 e. The maximum Gasteiger partial charge on any atom is 0.198 e. The topological polar surface area (TPSA) is 401 Å². The number of ether oxygens (including phenoxy) is 4. The molecule has 15 N–H and O–H groups in total. The molecule has 4 unspecified atom stereocenters. The smallest absolute Gasteiger partial charge is 0.198 e.